The lowest BCUT2D eigenvalue weighted by atomic mass is 10.0. The highest BCUT2D eigenvalue weighted by Gasteiger charge is 2.35. The summed E-state index contributed by atoms with van der Waals surface area (Å²) in [5.74, 6) is 0.0577. The van der Waals surface area contributed by atoms with Crippen LogP contribution in [0.25, 0.3) is 0 Å². The predicted molar refractivity (Wildman–Crippen MR) is 76.0 cm³/mol. The molecule has 1 fully saturated rings. The van der Waals surface area contributed by atoms with Crippen LogP contribution in [0.2, 0.25) is 0 Å². The number of rotatable bonds is 6. The molecule has 20 heavy (non-hydrogen) atoms. The van der Waals surface area contributed by atoms with Crippen molar-refractivity contribution in [3.63, 3.8) is 0 Å². The van der Waals surface area contributed by atoms with Gasteiger partial charge in [-0.05, 0) is 45.8 Å². The number of likely N-dealkylation sites (tertiary alicyclic amines) is 1. The molecule has 2 heterocycles. The first-order valence-corrected chi connectivity index (χ1v) is 7.09. The number of carbonyl (C=O) groups excluding carboxylic acids is 1. The number of carbonyl (C=O) groups is 1. The Labute approximate surface area is 119 Å². The highest BCUT2D eigenvalue weighted by molar-refractivity contribution is 5.85. The topological polar surface area (TPSA) is 70.2 Å². The molecule has 2 N–H and O–H groups in total. The van der Waals surface area contributed by atoms with Crippen LogP contribution >= 0.6 is 0 Å². The molecule has 0 saturated carbocycles. The molecule has 1 aliphatic rings. The van der Waals surface area contributed by atoms with E-state index in [0.29, 0.717) is 13.2 Å². The summed E-state index contributed by atoms with van der Waals surface area (Å²) in [6.45, 7) is 6.91. The van der Waals surface area contributed by atoms with E-state index in [0.717, 1.165) is 24.5 Å². The lowest BCUT2D eigenvalue weighted by molar-refractivity contribution is -0.131. The first-order valence-electron chi connectivity index (χ1n) is 7.09. The van der Waals surface area contributed by atoms with Gasteiger partial charge in [0.2, 0.25) is 5.91 Å². The molecule has 112 valence electrons. The van der Waals surface area contributed by atoms with Gasteiger partial charge < -0.3 is 10.1 Å². The lowest BCUT2D eigenvalue weighted by Crippen LogP contribution is -2.53. The SMILES string of the molecule is COCc1cc(CNC(=O)C(C)(C)N2CCCC2)[nH]n1. The van der Waals surface area contributed by atoms with E-state index < -0.39 is 5.54 Å². The van der Waals surface area contributed by atoms with Crippen LogP contribution in [0.4, 0.5) is 0 Å². The zero-order chi connectivity index (χ0) is 14.6. The fourth-order valence-electron chi connectivity index (χ4n) is 2.53. The van der Waals surface area contributed by atoms with Crippen molar-refractivity contribution in [1.82, 2.24) is 20.4 Å². The Morgan fingerprint density at radius 1 is 1.50 bits per heavy atom. The summed E-state index contributed by atoms with van der Waals surface area (Å²) in [5, 5.41) is 10.00. The second-order valence-electron chi connectivity index (χ2n) is 5.75. The first kappa shape index (κ1) is 15.0. The predicted octanol–water partition coefficient (Wildman–Crippen LogP) is 1.05. The van der Waals surface area contributed by atoms with E-state index in [-0.39, 0.29) is 5.91 Å². The Bertz CT molecular complexity index is 450. The third-order valence-electron chi connectivity index (χ3n) is 3.87. The minimum Gasteiger partial charge on any atom is -0.378 e. The molecule has 6 nitrogen and oxygen atoms in total. The molecule has 6 heteroatoms. The molecule has 0 spiro atoms. The number of hydrogen-bond acceptors (Lipinski definition) is 4. The molecule has 1 saturated heterocycles. The Morgan fingerprint density at radius 2 is 2.20 bits per heavy atom. The standard InChI is InChI=1S/C14H24N4O2/c1-14(2,18-6-4-5-7-18)13(19)15-9-11-8-12(10-20-3)17-16-11/h8H,4-7,9-10H2,1-3H3,(H,15,19)(H,16,17). The van der Waals surface area contributed by atoms with Gasteiger partial charge in [-0.15, -0.1) is 0 Å². The number of aromatic nitrogens is 2. The van der Waals surface area contributed by atoms with Crippen LogP contribution in [0.5, 0.6) is 0 Å². The monoisotopic (exact) mass is 280 g/mol. The van der Waals surface area contributed by atoms with Gasteiger partial charge >= 0.3 is 0 Å². The van der Waals surface area contributed by atoms with E-state index in [2.05, 4.69) is 20.4 Å². The van der Waals surface area contributed by atoms with Crippen molar-refractivity contribution in [1.29, 1.82) is 0 Å². The molecule has 1 aromatic heterocycles. The molecule has 1 aromatic rings. The molecular weight excluding hydrogens is 256 g/mol. The van der Waals surface area contributed by atoms with Crippen LogP contribution in [0, 0.1) is 0 Å². The summed E-state index contributed by atoms with van der Waals surface area (Å²) in [4.78, 5) is 14.6. The van der Waals surface area contributed by atoms with Gasteiger partial charge in [0, 0.05) is 7.11 Å². The molecule has 2 rings (SSSR count). The van der Waals surface area contributed by atoms with E-state index in [4.69, 9.17) is 4.74 Å². The zero-order valence-corrected chi connectivity index (χ0v) is 12.5. The Morgan fingerprint density at radius 3 is 2.85 bits per heavy atom. The van der Waals surface area contributed by atoms with E-state index in [1.807, 2.05) is 19.9 Å². The second kappa shape index (κ2) is 6.37. The van der Waals surface area contributed by atoms with Crippen LogP contribution in [-0.2, 0) is 22.7 Å². The summed E-state index contributed by atoms with van der Waals surface area (Å²) in [5.41, 5.74) is 1.28. The Kier molecular flexibility index (Phi) is 4.77. The zero-order valence-electron chi connectivity index (χ0n) is 12.5. The minimum absolute atomic E-state index is 0.0577. The Hall–Kier alpha value is -1.40. The van der Waals surface area contributed by atoms with Gasteiger partial charge in [-0.1, -0.05) is 0 Å². The van der Waals surface area contributed by atoms with E-state index >= 15 is 0 Å². The minimum atomic E-state index is -0.452. The molecule has 0 aliphatic carbocycles. The number of amides is 1. The molecule has 0 unspecified atom stereocenters. The third-order valence-corrected chi connectivity index (χ3v) is 3.87. The van der Waals surface area contributed by atoms with Gasteiger partial charge in [-0.25, -0.2) is 0 Å². The van der Waals surface area contributed by atoms with Crippen LogP contribution in [-0.4, -0.2) is 46.7 Å². The highest BCUT2D eigenvalue weighted by atomic mass is 16.5. The van der Waals surface area contributed by atoms with E-state index in [9.17, 15) is 4.79 Å². The average molecular weight is 280 g/mol. The summed E-state index contributed by atoms with van der Waals surface area (Å²) in [7, 11) is 1.63. The van der Waals surface area contributed by atoms with Gasteiger partial charge in [-0.3, -0.25) is 14.8 Å². The van der Waals surface area contributed by atoms with Crippen molar-refractivity contribution < 1.29 is 9.53 Å². The number of ether oxygens (including phenoxy) is 1. The van der Waals surface area contributed by atoms with Gasteiger partial charge in [-0.2, -0.15) is 5.10 Å². The van der Waals surface area contributed by atoms with Crippen molar-refractivity contribution in [2.75, 3.05) is 20.2 Å². The van der Waals surface area contributed by atoms with E-state index in [1.54, 1.807) is 7.11 Å². The van der Waals surface area contributed by atoms with Gasteiger partial charge in [0.25, 0.3) is 0 Å². The average Bonchev–Trinajstić information content (AvgIpc) is 3.07. The van der Waals surface area contributed by atoms with Gasteiger partial charge in [0.1, 0.15) is 0 Å². The van der Waals surface area contributed by atoms with Gasteiger partial charge in [0.15, 0.2) is 0 Å². The molecule has 0 aromatic carbocycles. The quantitative estimate of drug-likeness (QED) is 0.817. The van der Waals surface area contributed by atoms with Crippen molar-refractivity contribution in [3.05, 3.63) is 17.5 Å². The molecule has 0 atom stereocenters. The number of aromatic amines is 1. The molecule has 0 bridgehead atoms. The third kappa shape index (κ3) is 3.37. The van der Waals surface area contributed by atoms with Crippen molar-refractivity contribution >= 4 is 5.91 Å². The highest BCUT2D eigenvalue weighted by Crippen LogP contribution is 2.21. The van der Waals surface area contributed by atoms with Crippen LogP contribution in [0.3, 0.4) is 0 Å². The summed E-state index contributed by atoms with van der Waals surface area (Å²) in [6, 6.07) is 1.91. The first-order chi connectivity index (χ1) is 9.54. The maximum atomic E-state index is 12.3. The van der Waals surface area contributed by atoms with Crippen LogP contribution < -0.4 is 5.32 Å². The van der Waals surface area contributed by atoms with Crippen LogP contribution in [0.1, 0.15) is 38.1 Å². The maximum Gasteiger partial charge on any atom is 0.240 e. The normalized spacial score (nSPS) is 16.6. The summed E-state index contributed by atoms with van der Waals surface area (Å²) < 4.78 is 5.01. The maximum absolute atomic E-state index is 12.3. The fraction of sp³-hybridized carbons (Fsp3) is 0.714. The number of nitrogens with zero attached hydrogens (tertiary/aromatic N) is 2. The Balaban J connectivity index is 1.87. The number of H-pyrrole nitrogens is 1. The number of hydrogen-bond donors (Lipinski definition) is 2. The molecule has 1 aliphatic heterocycles. The van der Waals surface area contributed by atoms with Crippen LogP contribution in [0.15, 0.2) is 6.07 Å². The molecular formula is C14H24N4O2. The second-order valence-corrected chi connectivity index (χ2v) is 5.75. The summed E-state index contributed by atoms with van der Waals surface area (Å²) in [6.07, 6.45) is 2.36. The largest absolute Gasteiger partial charge is 0.378 e. The summed E-state index contributed by atoms with van der Waals surface area (Å²) >= 11 is 0. The van der Waals surface area contributed by atoms with Crippen molar-refractivity contribution in [2.45, 2.75) is 45.4 Å². The van der Waals surface area contributed by atoms with Gasteiger partial charge in [0.05, 0.1) is 30.1 Å². The smallest absolute Gasteiger partial charge is 0.240 e. The molecule has 0 radical (unpaired) electrons. The number of methoxy groups -OCH3 is 1. The number of nitrogens with one attached hydrogen (secondary N) is 2. The van der Waals surface area contributed by atoms with Crippen molar-refractivity contribution in [3.8, 4) is 0 Å². The lowest BCUT2D eigenvalue weighted by Gasteiger charge is -2.33. The van der Waals surface area contributed by atoms with Crippen molar-refractivity contribution in [2.24, 2.45) is 0 Å². The fourth-order valence-corrected chi connectivity index (χ4v) is 2.53. The molecule has 1 amide bonds. The van der Waals surface area contributed by atoms with E-state index in [1.165, 1.54) is 12.8 Å².